The Morgan fingerprint density at radius 3 is 2.55 bits per heavy atom. The zero-order chi connectivity index (χ0) is 14.9. The number of ether oxygens (including phenoxy) is 2. The molecule has 0 radical (unpaired) electrons. The number of hydrogen-bond donors (Lipinski definition) is 2. The van der Waals surface area contributed by atoms with Crippen LogP contribution in [0.4, 0.5) is 5.69 Å². The van der Waals surface area contributed by atoms with Gasteiger partial charge >= 0.3 is 0 Å². The van der Waals surface area contributed by atoms with E-state index in [-0.39, 0.29) is 17.7 Å². The van der Waals surface area contributed by atoms with Crippen LogP contribution in [0.1, 0.15) is 27.7 Å². The molecule has 0 saturated carbocycles. The maximum atomic E-state index is 12.1. The van der Waals surface area contributed by atoms with E-state index in [0.717, 1.165) is 0 Å². The van der Waals surface area contributed by atoms with E-state index in [1.807, 2.05) is 27.7 Å². The Kier molecular flexibility index (Phi) is 3.90. The monoisotopic (exact) mass is 278 g/mol. The van der Waals surface area contributed by atoms with Crippen molar-refractivity contribution in [1.82, 2.24) is 0 Å². The first-order valence-electron chi connectivity index (χ1n) is 6.85. The fraction of sp³-hybridized carbons (Fsp3) is 0.533. The molecule has 5 heteroatoms. The lowest BCUT2D eigenvalue weighted by molar-refractivity contribution is -0.120. The van der Waals surface area contributed by atoms with E-state index < -0.39 is 5.79 Å². The molecule has 0 spiro atoms. The van der Waals surface area contributed by atoms with Crippen molar-refractivity contribution < 1.29 is 14.3 Å². The number of fused-ring (bicyclic) bond motifs is 1. The van der Waals surface area contributed by atoms with E-state index in [9.17, 15) is 4.79 Å². The van der Waals surface area contributed by atoms with Crippen molar-refractivity contribution in [3.8, 4) is 11.5 Å². The van der Waals surface area contributed by atoms with Crippen molar-refractivity contribution >= 4 is 11.6 Å². The molecule has 0 aliphatic carbocycles. The number of carbonyl (C=O) groups is 1. The van der Waals surface area contributed by atoms with Crippen LogP contribution in [-0.4, -0.2) is 18.2 Å². The van der Waals surface area contributed by atoms with Crippen LogP contribution in [-0.2, 0) is 4.79 Å². The molecule has 1 aromatic rings. The molecule has 2 rings (SSSR count). The summed E-state index contributed by atoms with van der Waals surface area (Å²) < 4.78 is 11.3. The normalized spacial score (nSPS) is 17.1. The smallest absolute Gasteiger partial charge is 0.246 e. The Balaban J connectivity index is 2.11. The van der Waals surface area contributed by atoms with E-state index in [0.29, 0.717) is 23.7 Å². The topological polar surface area (TPSA) is 73.6 Å². The van der Waals surface area contributed by atoms with Crippen LogP contribution in [0, 0.1) is 11.8 Å². The predicted molar refractivity (Wildman–Crippen MR) is 77.8 cm³/mol. The molecule has 5 nitrogen and oxygen atoms in total. The molecule has 1 aliphatic heterocycles. The highest BCUT2D eigenvalue weighted by Gasteiger charge is 2.32. The van der Waals surface area contributed by atoms with E-state index in [4.69, 9.17) is 15.2 Å². The van der Waals surface area contributed by atoms with E-state index >= 15 is 0 Å². The molecule has 1 aliphatic rings. The van der Waals surface area contributed by atoms with Crippen molar-refractivity contribution in [2.75, 3.05) is 11.9 Å². The number of rotatable bonds is 4. The molecule has 1 unspecified atom stereocenters. The second-order valence-electron chi connectivity index (χ2n) is 5.84. The van der Waals surface area contributed by atoms with Crippen molar-refractivity contribution in [2.24, 2.45) is 17.6 Å². The lowest BCUT2D eigenvalue weighted by atomic mass is 9.95. The molecule has 0 fully saturated rings. The average molecular weight is 278 g/mol. The van der Waals surface area contributed by atoms with Crippen LogP contribution in [0.2, 0.25) is 0 Å². The zero-order valence-electron chi connectivity index (χ0n) is 12.4. The van der Waals surface area contributed by atoms with Gasteiger partial charge in [0.1, 0.15) is 0 Å². The Morgan fingerprint density at radius 2 is 1.95 bits per heavy atom. The first kappa shape index (κ1) is 14.7. The average Bonchev–Trinajstić information content (AvgIpc) is 2.62. The fourth-order valence-corrected chi connectivity index (χ4v) is 2.22. The summed E-state index contributed by atoms with van der Waals surface area (Å²) in [7, 11) is 0. The molecule has 20 heavy (non-hydrogen) atoms. The molecule has 110 valence electrons. The summed E-state index contributed by atoms with van der Waals surface area (Å²) in [6, 6.07) is 5.37. The number of hydrogen-bond acceptors (Lipinski definition) is 4. The molecule has 1 heterocycles. The van der Waals surface area contributed by atoms with Gasteiger partial charge in [0.25, 0.3) is 0 Å². The van der Waals surface area contributed by atoms with Crippen LogP contribution in [0.5, 0.6) is 11.5 Å². The lowest BCUT2D eigenvalue weighted by Gasteiger charge is -2.18. The first-order valence-corrected chi connectivity index (χ1v) is 6.85. The Bertz CT molecular complexity index is 512. The third-order valence-electron chi connectivity index (χ3n) is 3.32. The first-order chi connectivity index (χ1) is 9.32. The van der Waals surface area contributed by atoms with E-state index in [2.05, 4.69) is 5.32 Å². The summed E-state index contributed by atoms with van der Waals surface area (Å²) in [6.45, 7) is 7.99. The number of anilines is 1. The summed E-state index contributed by atoms with van der Waals surface area (Å²) in [6.07, 6.45) is 0. The van der Waals surface area contributed by atoms with Crippen molar-refractivity contribution in [3.63, 3.8) is 0 Å². The maximum absolute atomic E-state index is 12.1. The maximum Gasteiger partial charge on any atom is 0.246 e. The molecule has 1 atom stereocenters. The fourth-order valence-electron chi connectivity index (χ4n) is 2.22. The number of benzene rings is 1. The van der Waals surface area contributed by atoms with Crippen molar-refractivity contribution in [1.29, 1.82) is 0 Å². The second-order valence-corrected chi connectivity index (χ2v) is 5.84. The highest BCUT2D eigenvalue weighted by Crippen LogP contribution is 2.40. The Morgan fingerprint density at radius 1 is 1.30 bits per heavy atom. The van der Waals surface area contributed by atoms with Gasteiger partial charge in [-0.2, -0.15) is 0 Å². The van der Waals surface area contributed by atoms with Crippen LogP contribution in [0.25, 0.3) is 0 Å². The minimum Gasteiger partial charge on any atom is -0.449 e. The van der Waals surface area contributed by atoms with Gasteiger partial charge in [0.2, 0.25) is 11.7 Å². The second kappa shape index (κ2) is 5.32. The Labute approximate surface area is 119 Å². The van der Waals surface area contributed by atoms with Gasteiger partial charge in [-0.25, -0.2) is 0 Å². The van der Waals surface area contributed by atoms with Crippen LogP contribution < -0.4 is 20.5 Å². The van der Waals surface area contributed by atoms with Gasteiger partial charge in [-0.05, 0) is 18.1 Å². The summed E-state index contributed by atoms with van der Waals surface area (Å²) >= 11 is 0. The third-order valence-corrected chi connectivity index (χ3v) is 3.32. The third kappa shape index (κ3) is 3.04. The zero-order valence-corrected chi connectivity index (χ0v) is 12.4. The standard InChI is InChI=1S/C15H22N2O3/c1-9(2)11(8-16)14(18)17-10-5-6-12-13(7-10)20-15(3,4)19-12/h5-7,9,11H,8,16H2,1-4H3,(H,17,18). The van der Waals surface area contributed by atoms with Gasteiger partial charge < -0.3 is 20.5 Å². The summed E-state index contributed by atoms with van der Waals surface area (Å²) in [5.41, 5.74) is 6.34. The predicted octanol–water partition coefficient (Wildman–Crippen LogP) is 2.36. The number of amides is 1. The van der Waals surface area contributed by atoms with E-state index in [1.54, 1.807) is 18.2 Å². The molecule has 1 amide bonds. The minimum absolute atomic E-state index is 0.0689. The van der Waals surface area contributed by atoms with Crippen LogP contribution in [0.3, 0.4) is 0 Å². The largest absolute Gasteiger partial charge is 0.449 e. The lowest BCUT2D eigenvalue weighted by Crippen LogP contribution is -2.33. The molecular formula is C15H22N2O3. The van der Waals surface area contributed by atoms with Gasteiger partial charge in [-0.15, -0.1) is 0 Å². The van der Waals surface area contributed by atoms with Crippen molar-refractivity contribution in [3.05, 3.63) is 18.2 Å². The van der Waals surface area contributed by atoms with Gasteiger partial charge in [0.15, 0.2) is 11.5 Å². The molecule has 0 bridgehead atoms. The number of carbonyl (C=O) groups excluding carboxylic acids is 1. The molecular weight excluding hydrogens is 256 g/mol. The highest BCUT2D eigenvalue weighted by atomic mass is 16.7. The van der Waals surface area contributed by atoms with Gasteiger partial charge in [-0.1, -0.05) is 13.8 Å². The number of nitrogens with one attached hydrogen (secondary N) is 1. The minimum atomic E-state index is -0.664. The summed E-state index contributed by atoms with van der Waals surface area (Å²) in [5, 5.41) is 2.88. The van der Waals surface area contributed by atoms with Gasteiger partial charge in [-0.3, -0.25) is 4.79 Å². The molecule has 0 aromatic heterocycles. The number of nitrogens with two attached hydrogens (primary N) is 1. The summed E-state index contributed by atoms with van der Waals surface area (Å²) in [4.78, 5) is 12.1. The van der Waals surface area contributed by atoms with Gasteiger partial charge in [0, 0.05) is 32.1 Å². The molecule has 1 aromatic carbocycles. The quantitative estimate of drug-likeness (QED) is 0.886. The van der Waals surface area contributed by atoms with Crippen molar-refractivity contribution in [2.45, 2.75) is 33.5 Å². The highest BCUT2D eigenvalue weighted by molar-refractivity contribution is 5.93. The van der Waals surface area contributed by atoms with Crippen LogP contribution >= 0.6 is 0 Å². The SMILES string of the molecule is CC(C)C(CN)C(=O)Nc1ccc2c(c1)OC(C)(C)O2. The van der Waals surface area contributed by atoms with E-state index in [1.165, 1.54) is 0 Å². The summed E-state index contributed by atoms with van der Waals surface area (Å²) in [5.74, 6) is 0.599. The molecule has 0 saturated heterocycles. The van der Waals surface area contributed by atoms with Gasteiger partial charge in [0.05, 0.1) is 5.92 Å². The molecule has 3 N–H and O–H groups in total. The Hall–Kier alpha value is -1.75. The van der Waals surface area contributed by atoms with Crippen LogP contribution in [0.15, 0.2) is 18.2 Å².